The van der Waals surface area contributed by atoms with Crippen LogP contribution in [0.1, 0.15) is 76.0 Å². The number of hydrogen-bond acceptors (Lipinski definition) is 2. The second-order valence-corrected chi connectivity index (χ2v) is 12.7. The molecule has 0 aliphatic heterocycles. The molecule has 0 unspecified atom stereocenters. The third kappa shape index (κ3) is 4.73. The normalized spacial score (nSPS) is 12.1. The van der Waals surface area contributed by atoms with Crippen LogP contribution in [0.3, 0.4) is 0 Å². The first-order valence-electron chi connectivity index (χ1n) is 15.3. The fourth-order valence-corrected chi connectivity index (χ4v) is 6.30. The molecule has 0 amide bonds. The van der Waals surface area contributed by atoms with Crippen molar-refractivity contribution < 1.29 is 8.98 Å². The van der Waals surface area contributed by atoms with Crippen molar-refractivity contribution in [3.05, 3.63) is 101 Å². The summed E-state index contributed by atoms with van der Waals surface area (Å²) in [6.07, 6.45) is 0.818. The van der Waals surface area contributed by atoms with Crippen molar-refractivity contribution in [2.45, 2.75) is 66.7 Å². The molecule has 6 rings (SSSR count). The second-order valence-electron chi connectivity index (χ2n) is 12.7. The summed E-state index contributed by atoms with van der Waals surface area (Å²) in [6.45, 7) is 15.8. The van der Waals surface area contributed by atoms with E-state index in [0.29, 0.717) is 17.8 Å². The molecule has 0 radical (unpaired) electrons. The predicted molar refractivity (Wildman–Crippen MR) is 174 cm³/mol. The average Bonchev–Trinajstić information content (AvgIpc) is 3.50. The summed E-state index contributed by atoms with van der Waals surface area (Å²) in [5, 5.41) is 0. The SMILES string of the molecule is Cc1ccc2oc(CC(C)C)nc2c1-c1n(-c2c(C(C)C)cc(-c3ccccc3)cc2C(C)C)c2ccccc2[n+]1C. The highest BCUT2D eigenvalue weighted by Crippen LogP contribution is 2.41. The molecule has 6 aromatic rings. The lowest BCUT2D eigenvalue weighted by molar-refractivity contribution is -0.633. The van der Waals surface area contributed by atoms with Gasteiger partial charge in [0.2, 0.25) is 0 Å². The van der Waals surface area contributed by atoms with Gasteiger partial charge in [-0.25, -0.2) is 9.55 Å². The van der Waals surface area contributed by atoms with E-state index < -0.39 is 0 Å². The molecule has 42 heavy (non-hydrogen) atoms. The molecule has 0 saturated heterocycles. The van der Waals surface area contributed by atoms with E-state index in [9.17, 15) is 0 Å². The number of aryl methyl sites for hydroxylation is 2. The van der Waals surface area contributed by atoms with Gasteiger partial charge in [-0.2, -0.15) is 4.57 Å². The van der Waals surface area contributed by atoms with Gasteiger partial charge in [-0.05, 0) is 71.7 Å². The first kappa shape index (κ1) is 28.0. The van der Waals surface area contributed by atoms with Gasteiger partial charge in [-0.3, -0.25) is 0 Å². The summed E-state index contributed by atoms with van der Waals surface area (Å²) in [5.41, 5.74) is 12.9. The van der Waals surface area contributed by atoms with Crippen LogP contribution in [-0.4, -0.2) is 9.55 Å². The largest absolute Gasteiger partial charge is 0.441 e. The quantitative estimate of drug-likeness (QED) is 0.183. The fourth-order valence-electron chi connectivity index (χ4n) is 6.30. The molecular formula is C38H42N3O+. The van der Waals surface area contributed by atoms with Gasteiger partial charge in [0, 0.05) is 17.5 Å². The Balaban J connectivity index is 1.75. The van der Waals surface area contributed by atoms with Crippen molar-refractivity contribution in [3.8, 4) is 28.2 Å². The van der Waals surface area contributed by atoms with E-state index in [0.717, 1.165) is 34.8 Å². The van der Waals surface area contributed by atoms with Gasteiger partial charge in [0.05, 0.1) is 12.6 Å². The summed E-state index contributed by atoms with van der Waals surface area (Å²) in [6, 6.07) is 28.6. The van der Waals surface area contributed by atoms with Crippen molar-refractivity contribution in [1.82, 2.24) is 9.55 Å². The number of nitrogens with zero attached hydrogens (tertiary/aromatic N) is 3. The molecule has 0 atom stereocenters. The van der Waals surface area contributed by atoms with Crippen molar-refractivity contribution in [3.63, 3.8) is 0 Å². The van der Waals surface area contributed by atoms with Crippen molar-refractivity contribution >= 4 is 22.1 Å². The Bertz CT molecular complexity index is 1880. The highest BCUT2D eigenvalue weighted by atomic mass is 16.3. The maximum atomic E-state index is 6.31. The number of hydrogen-bond donors (Lipinski definition) is 0. The van der Waals surface area contributed by atoms with Gasteiger partial charge >= 0.3 is 0 Å². The zero-order valence-electron chi connectivity index (χ0n) is 26.2. The molecule has 0 aliphatic carbocycles. The van der Waals surface area contributed by atoms with Crippen LogP contribution in [0.15, 0.2) is 83.3 Å². The molecule has 4 heteroatoms. The number of para-hydroxylation sites is 2. The number of rotatable bonds is 7. The molecule has 0 saturated carbocycles. The molecule has 4 nitrogen and oxygen atoms in total. The molecule has 2 heterocycles. The molecule has 0 fully saturated rings. The zero-order chi connectivity index (χ0) is 29.7. The smallest absolute Gasteiger partial charge is 0.297 e. The van der Waals surface area contributed by atoms with Gasteiger partial charge in [-0.15, -0.1) is 0 Å². The van der Waals surface area contributed by atoms with E-state index in [4.69, 9.17) is 9.40 Å². The number of benzene rings is 4. The van der Waals surface area contributed by atoms with E-state index in [1.165, 1.54) is 44.5 Å². The minimum atomic E-state index is 0.321. The summed E-state index contributed by atoms with van der Waals surface area (Å²) < 4.78 is 11.2. The lowest BCUT2D eigenvalue weighted by atomic mass is 9.88. The lowest BCUT2D eigenvalue weighted by Gasteiger charge is -2.21. The molecule has 4 aromatic carbocycles. The average molecular weight is 557 g/mol. The summed E-state index contributed by atoms with van der Waals surface area (Å²) in [5.74, 6) is 3.04. The topological polar surface area (TPSA) is 34.8 Å². The van der Waals surface area contributed by atoms with Crippen LogP contribution in [-0.2, 0) is 13.5 Å². The molecular weight excluding hydrogens is 514 g/mol. The highest BCUT2D eigenvalue weighted by Gasteiger charge is 2.33. The van der Waals surface area contributed by atoms with E-state index in [1.807, 2.05) is 0 Å². The van der Waals surface area contributed by atoms with Crippen LogP contribution in [0.5, 0.6) is 0 Å². The second kappa shape index (κ2) is 10.9. The maximum absolute atomic E-state index is 6.31. The van der Waals surface area contributed by atoms with Crippen LogP contribution in [0.4, 0.5) is 0 Å². The van der Waals surface area contributed by atoms with Crippen LogP contribution >= 0.6 is 0 Å². The van der Waals surface area contributed by atoms with Crippen molar-refractivity contribution in [2.24, 2.45) is 13.0 Å². The predicted octanol–water partition coefficient (Wildman–Crippen LogP) is 9.68. The molecule has 0 aliphatic rings. The highest BCUT2D eigenvalue weighted by molar-refractivity contribution is 5.93. The molecule has 0 N–H and O–H groups in total. The first-order valence-corrected chi connectivity index (χ1v) is 15.3. The number of oxazole rings is 1. The molecule has 214 valence electrons. The Morgan fingerprint density at radius 3 is 2.07 bits per heavy atom. The van der Waals surface area contributed by atoms with Crippen LogP contribution in [0.25, 0.3) is 50.3 Å². The Kier molecular flexibility index (Phi) is 7.26. The maximum Gasteiger partial charge on any atom is 0.297 e. The fraction of sp³-hybridized carbons (Fsp3) is 0.316. The zero-order valence-corrected chi connectivity index (χ0v) is 26.2. The minimum absolute atomic E-state index is 0.321. The number of imidazole rings is 1. The van der Waals surface area contributed by atoms with Gasteiger partial charge < -0.3 is 4.42 Å². The van der Waals surface area contributed by atoms with E-state index >= 15 is 0 Å². The van der Waals surface area contributed by atoms with Crippen molar-refractivity contribution in [2.75, 3.05) is 0 Å². The van der Waals surface area contributed by atoms with Crippen molar-refractivity contribution in [1.29, 1.82) is 0 Å². The third-order valence-electron chi connectivity index (χ3n) is 8.38. The van der Waals surface area contributed by atoms with Crippen LogP contribution < -0.4 is 4.57 Å². The molecule has 2 aromatic heterocycles. The number of fused-ring (bicyclic) bond motifs is 2. The Hall–Kier alpha value is -4.18. The first-order chi connectivity index (χ1) is 20.2. The Morgan fingerprint density at radius 1 is 0.786 bits per heavy atom. The van der Waals surface area contributed by atoms with Crippen LogP contribution in [0, 0.1) is 12.8 Å². The van der Waals surface area contributed by atoms with E-state index in [-0.39, 0.29) is 0 Å². The van der Waals surface area contributed by atoms with E-state index in [2.05, 4.69) is 144 Å². The van der Waals surface area contributed by atoms with Gasteiger partial charge in [0.25, 0.3) is 5.82 Å². The molecule has 0 bridgehead atoms. The minimum Gasteiger partial charge on any atom is -0.441 e. The molecule has 0 spiro atoms. The van der Waals surface area contributed by atoms with Crippen LogP contribution in [0.2, 0.25) is 0 Å². The Labute approximate surface area is 249 Å². The Morgan fingerprint density at radius 2 is 1.43 bits per heavy atom. The summed E-state index contributed by atoms with van der Waals surface area (Å²) in [4.78, 5) is 5.11. The monoisotopic (exact) mass is 556 g/mol. The van der Waals surface area contributed by atoms with Gasteiger partial charge in [0.1, 0.15) is 11.2 Å². The standard InChI is InChI=1S/C38H42N3O/c1-23(2)20-34-39-36-33(42-34)19-18-26(7)35(36)38-40(8)31-16-12-13-17-32(31)41(38)37-29(24(3)4)21-28(22-30(37)25(5)6)27-14-10-9-11-15-27/h9-19,21-25H,20H2,1-8H3/q+1. The number of aromatic nitrogens is 3. The lowest BCUT2D eigenvalue weighted by Crippen LogP contribution is -2.30. The van der Waals surface area contributed by atoms with Gasteiger partial charge in [-0.1, -0.05) is 90.1 Å². The summed E-state index contributed by atoms with van der Waals surface area (Å²) in [7, 11) is 2.18. The summed E-state index contributed by atoms with van der Waals surface area (Å²) >= 11 is 0. The van der Waals surface area contributed by atoms with Gasteiger partial charge in [0.15, 0.2) is 22.5 Å². The third-order valence-corrected chi connectivity index (χ3v) is 8.38. The van der Waals surface area contributed by atoms with E-state index in [1.54, 1.807) is 0 Å².